The van der Waals surface area contributed by atoms with Gasteiger partial charge in [-0.15, -0.1) is 0 Å². The number of rotatable bonds is 2. The summed E-state index contributed by atoms with van der Waals surface area (Å²) in [6, 6.07) is 9.49. The minimum atomic E-state index is -0.327. The Morgan fingerprint density at radius 1 is 1.07 bits per heavy atom. The number of benzene rings is 1. The maximum atomic E-state index is 12.9. The lowest BCUT2D eigenvalue weighted by molar-refractivity contribution is 0.0744. The van der Waals surface area contributed by atoms with Gasteiger partial charge in [0.2, 0.25) is 0 Å². The highest BCUT2D eigenvalue weighted by atomic mass is 35.5. The first-order valence-corrected chi connectivity index (χ1v) is 9.60. The van der Waals surface area contributed by atoms with E-state index in [0.717, 1.165) is 16.8 Å². The summed E-state index contributed by atoms with van der Waals surface area (Å²) in [7, 11) is 0. The summed E-state index contributed by atoms with van der Waals surface area (Å²) in [5.41, 5.74) is 3.49. The highest BCUT2D eigenvalue weighted by molar-refractivity contribution is 6.30. The molecule has 6 nitrogen and oxygen atoms in total. The van der Waals surface area contributed by atoms with Crippen LogP contribution in [0.2, 0.25) is 5.02 Å². The Morgan fingerprint density at radius 2 is 1.82 bits per heavy atom. The molecule has 0 N–H and O–H groups in total. The van der Waals surface area contributed by atoms with E-state index in [9.17, 15) is 9.59 Å². The maximum absolute atomic E-state index is 12.9. The monoisotopic (exact) mass is 396 g/mol. The Morgan fingerprint density at radius 3 is 2.57 bits per heavy atom. The predicted molar refractivity (Wildman–Crippen MR) is 111 cm³/mol. The fraction of sp³-hybridized carbons (Fsp3) is 0.286. The second-order valence-electron chi connectivity index (χ2n) is 7.12. The van der Waals surface area contributed by atoms with Crippen LogP contribution in [0, 0.1) is 13.8 Å². The summed E-state index contributed by atoms with van der Waals surface area (Å²) in [4.78, 5) is 33.9. The van der Waals surface area contributed by atoms with E-state index in [2.05, 4.69) is 9.88 Å². The zero-order chi connectivity index (χ0) is 19.8. The average molecular weight is 397 g/mol. The topological polar surface area (TPSA) is 57.9 Å². The lowest BCUT2D eigenvalue weighted by Gasteiger charge is -2.36. The van der Waals surface area contributed by atoms with Crippen molar-refractivity contribution in [3.8, 4) is 0 Å². The van der Waals surface area contributed by atoms with E-state index in [1.54, 1.807) is 17.2 Å². The van der Waals surface area contributed by atoms with Gasteiger partial charge in [0.05, 0.1) is 0 Å². The lowest BCUT2D eigenvalue weighted by atomic mass is 10.1. The second kappa shape index (κ2) is 7.28. The van der Waals surface area contributed by atoms with Crippen molar-refractivity contribution in [1.82, 2.24) is 14.3 Å². The molecule has 7 heteroatoms. The summed E-state index contributed by atoms with van der Waals surface area (Å²) < 4.78 is 1.44. The van der Waals surface area contributed by atoms with Gasteiger partial charge < -0.3 is 9.80 Å². The van der Waals surface area contributed by atoms with Crippen LogP contribution >= 0.6 is 11.6 Å². The molecule has 0 saturated carbocycles. The maximum Gasteiger partial charge on any atom is 0.270 e. The van der Waals surface area contributed by atoms with Gasteiger partial charge in [-0.1, -0.05) is 23.7 Å². The molecule has 144 valence electrons. The minimum Gasteiger partial charge on any atom is -0.368 e. The van der Waals surface area contributed by atoms with Crippen molar-refractivity contribution >= 4 is 28.8 Å². The molecule has 0 bridgehead atoms. The summed E-state index contributed by atoms with van der Waals surface area (Å²) in [5, 5.41) is 0.699. The summed E-state index contributed by atoms with van der Waals surface area (Å²) in [5.74, 6) is -0.268. The van der Waals surface area contributed by atoms with Crippen LogP contribution in [0.1, 0.15) is 21.5 Å². The molecule has 0 spiro atoms. The van der Waals surface area contributed by atoms with Gasteiger partial charge in [0.1, 0.15) is 11.2 Å². The highest BCUT2D eigenvalue weighted by Crippen LogP contribution is 2.25. The Hall–Kier alpha value is -2.86. The van der Waals surface area contributed by atoms with Gasteiger partial charge >= 0.3 is 0 Å². The molecule has 0 atom stereocenters. The van der Waals surface area contributed by atoms with E-state index in [1.165, 1.54) is 10.6 Å². The van der Waals surface area contributed by atoms with Crippen LogP contribution in [0.5, 0.6) is 0 Å². The first kappa shape index (κ1) is 18.5. The highest BCUT2D eigenvalue weighted by Gasteiger charge is 2.25. The zero-order valence-electron chi connectivity index (χ0n) is 15.9. The number of fused-ring (bicyclic) bond motifs is 1. The van der Waals surface area contributed by atoms with Gasteiger partial charge in [-0.05, 0) is 43.2 Å². The number of amides is 1. The van der Waals surface area contributed by atoms with Gasteiger partial charge in [-0.25, -0.2) is 4.98 Å². The number of aromatic nitrogens is 2. The second-order valence-corrected chi connectivity index (χ2v) is 7.56. The van der Waals surface area contributed by atoms with Gasteiger partial charge in [0.15, 0.2) is 0 Å². The molecular weight excluding hydrogens is 376 g/mol. The van der Waals surface area contributed by atoms with Crippen LogP contribution < -0.4 is 10.5 Å². The van der Waals surface area contributed by atoms with Crippen LogP contribution in [0.25, 0.3) is 5.65 Å². The first-order valence-electron chi connectivity index (χ1n) is 9.22. The van der Waals surface area contributed by atoms with Crippen molar-refractivity contribution in [2.75, 3.05) is 31.1 Å². The van der Waals surface area contributed by atoms with Crippen molar-refractivity contribution < 1.29 is 4.79 Å². The van der Waals surface area contributed by atoms with Crippen LogP contribution in [0.15, 0.2) is 47.5 Å². The molecule has 1 saturated heterocycles. The molecule has 28 heavy (non-hydrogen) atoms. The lowest BCUT2D eigenvalue weighted by Crippen LogP contribution is -2.50. The van der Waals surface area contributed by atoms with Crippen LogP contribution in [0.3, 0.4) is 0 Å². The van der Waals surface area contributed by atoms with E-state index in [-0.39, 0.29) is 17.0 Å². The molecule has 1 aliphatic rings. The summed E-state index contributed by atoms with van der Waals surface area (Å²) >= 11 is 6.14. The molecule has 1 amide bonds. The van der Waals surface area contributed by atoms with E-state index in [4.69, 9.17) is 11.6 Å². The minimum absolute atomic E-state index is 0.107. The van der Waals surface area contributed by atoms with E-state index in [0.29, 0.717) is 36.8 Å². The number of carbonyl (C=O) groups excluding carboxylic acids is 1. The quantitative estimate of drug-likeness (QED) is 0.668. The molecule has 1 fully saturated rings. The number of anilines is 1. The van der Waals surface area contributed by atoms with Crippen LogP contribution in [0.4, 0.5) is 5.69 Å². The number of nitrogens with zero attached hydrogens (tertiary/aromatic N) is 4. The zero-order valence-corrected chi connectivity index (χ0v) is 16.6. The number of piperazine rings is 1. The number of carbonyl (C=O) groups is 1. The fourth-order valence-corrected chi connectivity index (χ4v) is 3.74. The van der Waals surface area contributed by atoms with Crippen molar-refractivity contribution in [1.29, 1.82) is 0 Å². The van der Waals surface area contributed by atoms with Crippen molar-refractivity contribution in [3.63, 3.8) is 0 Å². The largest absolute Gasteiger partial charge is 0.368 e. The molecule has 1 aliphatic heterocycles. The molecule has 0 aliphatic carbocycles. The average Bonchev–Trinajstić information content (AvgIpc) is 2.70. The van der Waals surface area contributed by atoms with Gasteiger partial charge in [0, 0.05) is 49.3 Å². The van der Waals surface area contributed by atoms with Gasteiger partial charge in [0.25, 0.3) is 11.5 Å². The van der Waals surface area contributed by atoms with Crippen LogP contribution in [-0.2, 0) is 0 Å². The molecule has 0 radical (unpaired) electrons. The van der Waals surface area contributed by atoms with Crippen molar-refractivity contribution in [2.24, 2.45) is 0 Å². The Balaban J connectivity index is 1.54. The predicted octanol–water partition coefficient (Wildman–Crippen LogP) is 2.93. The van der Waals surface area contributed by atoms with E-state index < -0.39 is 0 Å². The van der Waals surface area contributed by atoms with Crippen LogP contribution in [-0.4, -0.2) is 46.4 Å². The standard InChI is InChI=1S/C21H21ClN4O2/c1-14-3-6-19-23-12-17(21(28)26(19)13-14)20(27)25-9-7-24(8-10-25)18-11-16(22)5-4-15(18)2/h3-6,11-13H,7-10H2,1-2H3. The normalized spacial score (nSPS) is 14.5. The molecule has 0 unspecified atom stereocenters. The number of hydrogen-bond donors (Lipinski definition) is 0. The SMILES string of the molecule is Cc1ccc2ncc(C(=O)N3CCN(c4cc(Cl)ccc4C)CC3)c(=O)n2c1. The van der Waals surface area contributed by atoms with E-state index in [1.807, 2.05) is 38.1 Å². The van der Waals surface area contributed by atoms with Crippen molar-refractivity contribution in [3.05, 3.63) is 74.8 Å². The van der Waals surface area contributed by atoms with Gasteiger partial charge in [-0.2, -0.15) is 0 Å². The summed E-state index contributed by atoms with van der Waals surface area (Å²) in [6.07, 6.45) is 3.10. The number of aryl methyl sites for hydroxylation is 2. The molecule has 4 rings (SSSR count). The smallest absolute Gasteiger partial charge is 0.270 e. The third kappa shape index (κ3) is 3.36. The number of hydrogen-bond acceptors (Lipinski definition) is 4. The molecular formula is C21H21ClN4O2. The van der Waals surface area contributed by atoms with Crippen molar-refractivity contribution in [2.45, 2.75) is 13.8 Å². The third-order valence-electron chi connectivity index (χ3n) is 5.16. The Kier molecular flexibility index (Phi) is 4.81. The van der Waals surface area contributed by atoms with Gasteiger partial charge in [-0.3, -0.25) is 14.0 Å². The Labute approximate surface area is 168 Å². The molecule has 3 heterocycles. The molecule has 2 aromatic heterocycles. The first-order chi connectivity index (χ1) is 13.4. The third-order valence-corrected chi connectivity index (χ3v) is 5.39. The fourth-order valence-electron chi connectivity index (χ4n) is 3.57. The molecule has 3 aromatic rings. The Bertz CT molecular complexity index is 1120. The molecule has 1 aromatic carbocycles. The summed E-state index contributed by atoms with van der Waals surface area (Å²) in [6.45, 7) is 6.41. The number of halogens is 1. The number of pyridine rings is 1. The van der Waals surface area contributed by atoms with E-state index >= 15 is 0 Å².